The molecule has 15 heteroatoms. The van der Waals surface area contributed by atoms with Gasteiger partial charge in [0.25, 0.3) is 0 Å². The van der Waals surface area contributed by atoms with E-state index in [4.69, 9.17) is 14.5 Å². The van der Waals surface area contributed by atoms with Gasteiger partial charge in [-0.15, -0.1) is 0 Å². The summed E-state index contributed by atoms with van der Waals surface area (Å²) in [6, 6.07) is 11.6. The Hall–Kier alpha value is -4.63. The molecule has 1 unspecified atom stereocenters. The van der Waals surface area contributed by atoms with Gasteiger partial charge in [0.2, 0.25) is 11.8 Å². The van der Waals surface area contributed by atoms with Gasteiger partial charge in [-0.25, -0.2) is 14.6 Å². The summed E-state index contributed by atoms with van der Waals surface area (Å²) in [7, 11) is 2.61. The topological polar surface area (TPSA) is 158 Å². The zero-order valence-corrected chi connectivity index (χ0v) is 34.4. The van der Waals surface area contributed by atoms with Crippen molar-refractivity contribution in [2.24, 2.45) is 11.8 Å². The van der Waals surface area contributed by atoms with E-state index in [0.717, 1.165) is 65.3 Å². The standard InChI is InChI=1S/C41H51N7O6S2/c1-22(2)35(45-40(51)53-5)38(49)47-17-7-9-29(47)27-14-13-26(43-27)24-11-15-31-33(19-24)56-34-20-25(12-16-32(34)55-31)28-21-42-37(44-28)30-10-8-18-48(30)39(50)36(23(3)4)46-41(52)54-6/h11-13,15-16,19-23,27,29-30,35-36,43H,7-10,14,17-18H2,1-6H3,(H,42,44)(H,45,51)(H,46,52)/t27?,29-,30-,35-,36-/m0/s1. The average molecular weight is 802 g/mol. The number of imidazole rings is 1. The van der Waals surface area contributed by atoms with Crippen LogP contribution in [-0.2, 0) is 19.1 Å². The van der Waals surface area contributed by atoms with Gasteiger partial charge in [-0.1, -0.05) is 69.4 Å². The van der Waals surface area contributed by atoms with Gasteiger partial charge < -0.3 is 40.2 Å². The van der Waals surface area contributed by atoms with Crippen LogP contribution in [-0.4, -0.2) is 95.2 Å². The largest absolute Gasteiger partial charge is 0.453 e. The molecule has 0 radical (unpaired) electrons. The third kappa shape index (κ3) is 8.11. The molecule has 56 heavy (non-hydrogen) atoms. The first kappa shape index (κ1) is 39.6. The fraction of sp³-hybridized carbons (Fsp3) is 0.488. The molecule has 4 amide bonds. The summed E-state index contributed by atoms with van der Waals surface area (Å²) in [5.41, 5.74) is 4.07. The van der Waals surface area contributed by atoms with Crippen molar-refractivity contribution >= 4 is 53.2 Å². The fourth-order valence-corrected chi connectivity index (χ4v) is 10.4. The highest BCUT2D eigenvalue weighted by atomic mass is 32.2. The van der Waals surface area contributed by atoms with E-state index in [0.29, 0.717) is 13.1 Å². The van der Waals surface area contributed by atoms with Crippen LogP contribution in [0, 0.1) is 11.8 Å². The molecule has 298 valence electrons. The number of alkyl carbamates (subject to hydrolysis) is 2. The van der Waals surface area contributed by atoms with Gasteiger partial charge in [0.05, 0.1) is 44.2 Å². The van der Waals surface area contributed by atoms with Gasteiger partial charge in [0.1, 0.15) is 17.9 Å². The van der Waals surface area contributed by atoms with E-state index in [1.54, 1.807) is 23.5 Å². The smallest absolute Gasteiger partial charge is 0.407 e. The van der Waals surface area contributed by atoms with Gasteiger partial charge in [0.15, 0.2) is 0 Å². The third-order valence-corrected chi connectivity index (χ3v) is 13.7. The molecule has 5 heterocycles. The number of nitrogens with one attached hydrogen (secondary N) is 4. The molecule has 2 aromatic carbocycles. The molecule has 7 rings (SSSR count). The van der Waals surface area contributed by atoms with E-state index in [1.807, 2.05) is 43.7 Å². The number of H-pyrrole nitrogens is 1. The van der Waals surface area contributed by atoms with Crippen LogP contribution < -0.4 is 16.0 Å². The Morgan fingerprint density at radius 3 is 2.00 bits per heavy atom. The highest BCUT2D eigenvalue weighted by Gasteiger charge is 2.41. The number of aromatic amines is 1. The summed E-state index contributed by atoms with van der Waals surface area (Å²) in [6.45, 7) is 8.95. The molecule has 0 aliphatic carbocycles. The number of aromatic nitrogens is 2. The van der Waals surface area contributed by atoms with E-state index in [1.165, 1.54) is 28.9 Å². The number of benzene rings is 2. The second kappa shape index (κ2) is 16.8. The minimum absolute atomic E-state index is 0.0329. The van der Waals surface area contributed by atoms with E-state index >= 15 is 0 Å². The Kier molecular flexibility index (Phi) is 11.9. The van der Waals surface area contributed by atoms with Crippen molar-refractivity contribution in [2.45, 2.75) is 110 Å². The highest BCUT2D eigenvalue weighted by Crippen LogP contribution is 2.50. The molecule has 1 aromatic heterocycles. The molecule has 2 saturated heterocycles. The zero-order valence-electron chi connectivity index (χ0n) is 32.7. The van der Waals surface area contributed by atoms with Crippen LogP contribution in [0.4, 0.5) is 9.59 Å². The average Bonchev–Trinajstić information content (AvgIpc) is 4.03. The second-order valence-electron chi connectivity index (χ2n) is 15.5. The van der Waals surface area contributed by atoms with Gasteiger partial charge in [-0.05, 0) is 73.8 Å². The zero-order chi connectivity index (χ0) is 39.7. The summed E-state index contributed by atoms with van der Waals surface area (Å²) in [6.07, 6.45) is 7.14. The molecule has 3 aromatic rings. The molecule has 2 fully saturated rings. The summed E-state index contributed by atoms with van der Waals surface area (Å²) in [4.78, 5) is 68.1. The molecule has 4 N–H and O–H groups in total. The number of hydrogen-bond donors (Lipinski definition) is 4. The molecule has 0 saturated carbocycles. The second-order valence-corrected chi connectivity index (χ2v) is 17.6. The number of fused-ring (bicyclic) bond motifs is 2. The van der Waals surface area contributed by atoms with E-state index < -0.39 is 24.3 Å². The summed E-state index contributed by atoms with van der Waals surface area (Å²) < 4.78 is 9.58. The van der Waals surface area contributed by atoms with Gasteiger partial charge >= 0.3 is 12.2 Å². The van der Waals surface area contributed by atoms with Gasteiger partial charge in [-0.3, -0.25) is 9.59 Å². The minimum atomic E-state index is -0.688. The Bertz CT molecular complexity index is 2020. The number of rotatable bonds is 10. The number of hydrogen-bond acceptors (Lipinski definition) is 10. The van der Waals surface area contributed by atoms with Crippen molar-refractivity contribution in [1.29, 1.82) is 0 Å². The third-order valence-electron chi connectivity index (χ3n) is 11.1. The molecular formula is C41H51N7O6S2. The number of methoxy groups -OCH3 is 2. The summed E-state index contributed by atoms with van der Waals surface area (Å²) in [5.74, 6) is 0.367. The van der Waals surface area contributed by atoms with Crippen molar-refractivity contribution in [3.63, 3.8) is 0 Å². The van der Waals surface area contributed by atoms with Crippen LogP contribution >= 0.6 is 23.5 Å². The Morgan fingerprint density at radius 2 is 1.36 bits per heavy atom. The lowest BCUT2D eigenvalue weighted by Gasteiger charge is -2.34. The van der Waals surface area contributed by atoms with Crippen LogP contribution in [0.3, 0.4) is 0 Å². The monoisotopic (exact) mass is 801 g/mol. The lowest BCUT2D eigenvalue weighted by Crippen LogP contribution is -2.55. The predicted molar refractivity (Wildman–Crippen MR) is 215 cm³/mol. The summed E-state index contributed by atoms with van der Waals surface area (Å²) >= 11 is 3.51. The van der Waals surface area contributed by atoms with E-state index in [9.17, 15) is 19.2 Å². The number of likely N-dealkylation sites (tertiary alicyclic amines) is 2. The normalized spacial score (nSPS) is 21.2. The predicted octanol–water partition coefficient (Wildman–Crippen LogP) is 6.81. The van der Waals surface area contributed by atoms with Gasteiger partial charge in [0, 0.05) is 43.9 Å². The minimum Gasteiger partial charge on any atom is -0.453 e. The lowest BCUT2D eigenvalue weighted by molar-refractivity contribution is -0.136. The van der Waals surface area contributed by atoms with E-state index in [-0.39, 0.29) is 41.8 Å². The number of carbonyl (C=O) groups excluding carboxylic acids is 4. The van der Waals surface area contributed by atoms with Crippen molar-refractivity contribution < 1.29 is 28.7 Å². The number of carbonyl (C=O) groups is 4. The van der Waals surface area contributed by atoms with Crippen LogP contribution in [0.25, 0.3) is 17.0 Å². The molecular weight excluding hydrogens is 751 g/mol. The fourth-order valence-electron chi connectivity index (χ4n) is 8.14. The lowest BCUT2D eigenvalue weighted by atomic mass is 10.00. The van der Waals surface area contributed by atoms with Crippen LogP contribution in [0.5, 0.6) is 0 Å². The van der Waals surface area contributed by atoms with Crippen LogP contribution in [0.1, 0.15) is 77.2 Å². The molecule has 4 aliphatic rings. The Morgan fingerprint density at radius 1 is 0.786 bits per heavy atom. The van der Waals surface area contributed by atoms with Gasteiger partial charge in [-0.2, -0.15) is 0 Å². The Labute approximate surface area is 336 Å². The maximum absolute atomic E-state index is 13.7. The number of ether oxygens (including phenoxy) is 2. The number of nitrogens with zero attached hydrogens (tertiary/aromatic N) is 3. The quantitative estimate of drug-likeness (QED) is 0.134. The van der Waals surface area contributed by atoms with E-state index in [2.05, 4.69) is 63.4 Å². The molecule has 13 nitrogen and oxygen atoms in total. The number of amides is 4. The molecule has 4 aliphatic heterocycles. The first-order valence-electron chi connectivity index (χ1n) is 19.4. The van der Waals surface area contributed by atoms with Crippen molar-refractivity contribution in [2.75, 3.05) is 27.3 Å². The SMILES string of the molecule is COC(=O)N[C@H](C(=O)N1CCC[C@H]1c1ncc(-c2ccc3c(c2)Sc2cc(C4=CCC([C@@H]5CCCN5C(=O)[C@@H](NC(=O)OC)C(C)C)N4)ccc2S3)[nH]1)C(C)C. The molecule has 0 spiro atoms. The first-order valence-corrected chi connectivity index (χ1v) is 21.0. The highest BCUT2D eigenvalue weighted by molar-refractivity contribution is 8.05. The van der Waals surface area contributed by atoms with Crippen molar-refractivity contribution in [3.05, 3.63) is 60.1 Å². The molecule has 0 bridgehead atoms. The first-order chi connectivity index (χ1) is 26.9. The van der Waals surface area contributed by atoms with Crippen molar-refractivity contribution in [3.8, 4) is 11.3 Å². The maximum atomic E-state index is 13.7. The van der Waals surface area contributed by atoms with Crippen LogP contribution in [0.15, 0.2) is 68.3 Å². The Balaban J connectivity index is 1.02. The maximum Gasteiger partial charge on any atom is 0.407 e. The molecule has 5 atom stereocenters. The summed E-state index contributed by atoms with van der Waals surface area (Å²) in [5, 5.41) is 9.21. The van der Waals surface area contributed by atoms with Crippen LogP contribution in [0.2, 0.25) is 0 Å². The van der Waals surface area contributed by atoms with Crippen molar-refractivity contribution in [1.82, 2.24) is 35.7 Å².